The van der Waals surface area contributed by atoms with Crippen molar-refractivity contribution in [2.45, 2.75) is 0 Å². The van der Waals surface area contributed by atoms with Crippen LogP contribution in [0.15, 0.2) is 72.8 Å². The Balaban J connectivity index is 1.60. The molecule has 0 unspecified atom stereocenters. The first kappa shape index (κ1) is 12.5. The highest BCUT2D eigenvalue weighted by molar-refractivity contribution is 5.88. The molecule has 0 heterocycles. The molecule has 0 bridgehead atoms. The maximum Gasteiger partial charge on any atom is 0.127 e. The number of hydrogen-bond acceptors (Lipinski definition) is 2. The van der Waals surface area contributed by atoms with E-state index in [4.69, 9.17) is 9.47 Å². The number of hydrogen-bond donors (Lipinski definition) is 0. The monoisotopic (exact) mass is 264 g/mol. The molecule has 20 heavy (non-hydrogen) atoms. The Hall–Kier alpha value is -2.48. The summed E-state index contributed by atoms with van der Waals surface area (Å²) in [5.41, 5.74) is 0. The second kappa shape index (κ2) is 6.11. The van der Waals surface area contributed by atoms with Gasteiger partial charge in [0.05, 0.1) is 0 Å². The summed E-state index contributed by atoms with van der Waals surface area (Å²) in [6.45, 7) is 1.07. The highest BCUT2D eigenvalue weighted by atomic mass is 16.5. The first-order valence-electron chi connectivity index (χ1n) is 6.72. The Morgan fingerprint density at radius 1 is 0.600 bits per heavy atom. The van der Waals surface area contributed by atoms with Crippen LogP contribution in [0.2, 0.25) is 0 Å². The van der Waals surface area contributed by atoms with Gasteiger partial charge in [0.25, 0.3) is 0 Å². The molecule has 0 aliphatic rings. The van der Waals surface area contributed by atoms with Gasteiger partial charge in [-0.05, 0) is 23.6 Å². The van der Waals surface area contributed by atoms with Crippen molar-refractivity contribution in [2.75, 3.05) is 13.2 Å². The molecule has 2 nitrogen and oxygen atoms in total. The molecule has 0 amide bonds. The quantitative estimate of drug-likeness (QED) is 0.640. The van der Waals surface area contributed by atoms with E-state index >= 15 is 0 Å². The smallest absolute Gasteiger partial charge is 0.127 e. The number of para-hydroxylation sites is 1. The number of fused-ring (bicyclic) bond motifs is 1. The zero-order valence-electron chi connectivity index (χ0n) is 11.2. The fourth-order valence-corrected chi connectivity index (χ4v) is 2.15. The molecule has 2 heteroatoms. The van der Waals surface area contributed by atoms with E-state index in [2.05, 4.69) is 18.2 Å². The Bertz CT molecular complexity index is 672. The molecule has 0 radical (unpaired) electrons. The van der Waals surface area contributed by atoms with E-state index in [1.807, 2.05) is 54.6 Å². The molecule has 0 aliphatic carbocycles. The second-order valence-electron chi connectivity index (χ2n) is 4.49. The van der Waals surface area contributed by atoms with E-state index in [9.17, 15) is 0 Å². The van der Waals surface area contributed by atoms with Gasteiger partial charge in [0.15, 0.2) is 0 Å². The van der Waals surface area contributed by atoms with Gasteiger partial charge in [-0.25, -0.2) is 0 Å². The fraction of sp³-hybridized carbons (Fsp3) is 0.111. The zero-order chi connectivity index (χ0) is 13.6. The topological polar surface area (TPSA) is 18.5 Å². The lowest BCUT2D eigenvalue weighted by atomic mass is 10.1. The van der Waals surface area contributed by atoms with Gasteiger partial charge >= 0.3 is 0 Å². The summed E-state index contributed by atoms with van der Waals surface area (Å²) < 4.78 is 11.4. The summed E-state index contributed by atoms with van der Waals surface area (Å²) in [7, 11) is 0. The minimum absolute atomic E-state index is 0.531. The van der Waals surface area contributed by atoms with Gasteiger partial charge in [0.1, 0.15) is 24.7 Å². The molecule has 3 rings (SSSR count). The van der Waals surface area contributed by atoms with E-state index in [-0.39, 0.29) is 0 Å². The highest BCUT2D eigenvalue weighted by Gasteiger charge is 2.01. The molecule has 0 fully saturated rings. The van der Waals surface area contributed by atoms with Crippen molar-refractivity contribution in [3.63, 3.8) is 0 Å². The maximum absolute atomic E-state index is 5.82. The molecule has 0 spiro atoms. The predicted molar refractivity (Wildman–Crippen MR) is 81.4 cm³/mol. The van der Waals surface area contributed by atoms with Gasteiger partial charge in [-0.15, -0.1) is 0 Å². The summed E-state index contributed by atoms with van der Waals surface area (Å²) in [5.74, 6) is 1.77. The first-order chi connectivity index (χ1) is 9.93. The van der Waals surface area contributed by atoms with E-state index in [1.165, 1.54) is 5.39 Å². The second-order valence-corrected chi connectivity index (χ2v) is 4.49. The molecule has 0 saturated carbocycles. The number of benzene rings is 3. The largest absolute Gasteiger partial charge is 0.490 e. The van der Waals surface area contributed by atoms with E-state index in [1.54, 1.807) is 0 Å². The van der Waals surface area contributed by atoms with E-state index in [0.29, 0.717) is 13.2 Å². The van der Waals surface area contributed by atoms with Gasteiger partial charge in [0.2, 0.25) is 0 Å². The van der Waals surface area contributed by atoms with Crippen LogP contribution in [0.25, 0.3) is 10.8 Å². The van der Waals surface area contributed by atoms with E-state index in [0.717, 1.165) is 16.9 Å². The summed E-state index contributed by atoms with van der Waals surface area (Å²) in [5, 5.41) is 2.32. The summed E-state index contributed by atoms with van der Waals surface area (Å²) in [6, 6.07) is 24.1. The summed E-state index contributed by atoms with van der Waals surface area (Å²) in [4.78, 5) is 0. The van der Waals surface area contributed by atoms with Crippen molar-refractivity contribution in [1.82, 2.24) is 0 Å². The van der Waals surface area contributed by atoms with Crippen LogP contribution in [0.3, 0.4) is 0 Å². The van der Waals surface area contributed by atoms with Crippen molar-refractivity contribution in [2.24, 2.45) is 0 Å². The van der Waals surface area contributed by atoms with Crippen molar-refractivity contribution in [3.05, 3.63) is 72.8 Å². The minimum atomic E-state index is 0.531. The molecule has 0 aromatic heterocycles. The third-order valence-electron chi connectivity index (χ3n) is 3.10. The van der Waals surface area contributed by atoms with Crippen LogP contribution < -0.4 is 9.47 Å². The average molecular weight is 264 g/mol. The lowest BCUT2D eigenvalue weighted by Crippen LogP contribution is -2.09. The minimum Gasteiger partial charge on any atom is -0.490 e. The molecule has 0 N–H and O–H groups in total. The van der Waals surface area contributed by atoms with Crippen LogP contribution in [0.1, 0.15) is 0 Å². The van der Waals surface area contributed by atoms with Crippen LogP contribution >= 0.6 is 0 Å². The number of ether oxygens (including phenoxy) is 2. The molecule has 3 aromatic carbocycles. The Kier molecular flexibility index (Phi) is 3.83. The van der Waals surface area contributed by atoms with E-state index < -0.39 is 0 Å². The van der Waals surface area contributed by atoms with Crippen LogP contribution in [0.5, 0.6) is 11.5 Å². The highest BCUT2D eigenvalue weighted by Crippen LogP contribution is 2.24. The normalized spacial score (nSPS) is 10.4. The molecule has 100 valence electrons. The SMILES string of the molecule is c1ccc(OCCOc2cccc3ccccc23)cc1. The molecular weight excluding hydrogens is 248 g/mol. The Labute approximate surface area is 118 Å². The van der Waals surface area contributed by atoms with Gasteiger partial charge in [-0.1, -0.05) is 54.6 Å². The third kappa shape index (κ3) is 2.91. The predicted octanol–water partition coefficient (Wildman–Crippen LogP) is 4.30. The fourth-order valence-electron chi connectivity index (χ4n) is 2.15. The summed E-state index contributed by atoms with van der Waals surface area (Å²) in [6.07, 6.45) is 0. The van der Waals surface area contributed by atoms with Crippen molar-refractivity contribution < 1.29 is 9.47 Å². The van der Waals surface area contributed by atoms with Crippen LogP contribution in [0, 0.1) is 0 Å². The Morgan fingerprint density at radius 2 is 1.30 bits per heavy atom. The van der Waals surface area contributed by atoms with Crippen LogP contribution in [0.4, 0.5) is 0 Å². The van der Waals surface area contributed by atoms with Gasteiger partial charge in [-0.2, -0.15) is 0 Å². The molecule has 0 saturated heterocycles. The standard InChI is InChI=1S/C18H16O2/c1-2-9-16(10-3-1)19-13-14-20-18-12-6-8-15-7-4-5-11-17(15)18/h1-12H,13-14H2. The first-order valence-corrected chi connectivity index (χ1v) is 6.72. The molecule has 3 aromatic rings. The van der Waals surface area contributed by atoms with Gasteiger partial charge in [-0.3, -0.25) is 0 Å². The van der Waals surface area contributed by atoms with Gasteiger partial charge < -0.3 is 9.47 Å². The van der Waals surface area contributed by atoms with Gasteiger partial charge in [0, 0.05) is 5.39 Å². The zero-order valence-corrected chi connectivity index (χ0v) is 11.2. The van der Waals surface area contributed by atoms with Crippen LogP contribution in [-0.2, 0) is 0 Å². The van der Waals surface area contributed by atoms with Crippen molar-refractivity contribution in [3.8, 4) is 11.5 Å². The average Bonchev–Trinajstić information content (AvgIpc) is 2.53. The molecular formula is C18H16O2. The number of rotatable bonds is 5. The Morgan fingerprint density at radius 3 is 2.20 bits per heavy atom. The third-order valence-corrected chi connectivity index (χ3v) is 3.10. The van der Waals surface area contributed by atoms with Crippen molar-refractivity contribution >= 4 is 10.8 Å². The van der Waals surface area contributed by atoms with Crippen molar-refractivity contribution in [1.29, 1.82) is 0 Å². The molecule has 0 aliphatic heterocycles. The van der Waals surface area contributed by atoms with Crippen LogP contribution in [-0.4, -0.2) is 13.2 Å². The maximum atomic E-state index is 5.82. The molecule has 0 atom stereocenters. The summed E-state index contributed by atoms with van der Waals surface area (Å²) >= 11 is 0. The lowest BCUT2D eigenvalue weighted by molar-refractivity contribution is 0.219. The lowest BCUT2D eigenvalue weighted by Gasteiger charge is -2.10.